The highest BCUT2D eigenvalue weighted by Gasteiger charge is 2.20. The van der Waals surface area contributed by atoms with Gasteiger partial charge in [0, 0.05) is 13.1 Å². The van der Waals surface area contributed by atoms with Crippen LogP contribution in [0.25, 0.3) is 0 Å². The van der Waals surface area contributed by atoms with E-state index in [0.29, 0.717) is 25.0 Å². The Balaban J connectivity index is 2.66. The quantitative estimate of drug-likeness (QED) is 0.646. The van der Waals surface area contributed by atoms with Crippen LogP contribution in [0.4, 0.5) is 9.18 Å². The molecule has 13 heavy (non-hydrogen) atoms. The van der Waals surface area contributed by atoms with E-state index < -0.39 is 18.5 Å². The SMILES string of the molecule is O=C(O)N1CCCC(=C(F)CO)C1. The van der Waals surface area contributed by atoms with Gasteiger partial charge >= 0.3 is 6.09 Å². The zero-order valence-corrected chi connectivity index (χ0v) is 7.16. The van der Waals surface area contributed by atoms with Gasteiger partial charge in [0.2, 0.25) is 0 Å². The first-order valence-corrected chi connectivity index (χ1v) is 4.10. The van der Waals surface area contributed by atoms with Crippen LogP contribution in [0.1, 0.15) is 12.8 Å². The molecule has 0 saturated carbocycles. The van der Waals surface area contributed by atoms with E-state index in [0.717, 1.165) is 4.90 Å². The summed E-state index contributed by atoms with van der Waals surface area (Å²) in [5.41, 5.74) is 0.399. The van der Waals surface area contributed by atoms with E-state index in [-0.39, 0.29) is 6.54 Å². The van der Waals surface area contributed by atoms with Crippen molar-refractivity contribution in [2.45, 2.75) is 12.8 Å². The molecule has 1 amide bonds. The molecule has 0 aromatic heterocycles. The molecule has 2 N–H and O–H groups in total. The maximum absolute atomic E-state index is 12.9. The van der Waals surface area contributed by atoms with Crippen LogP contribution in [0.5, 0.6) is 0 Å². The van der Waals surface area contributed by atoms with Crippen molar-refractivity contribution in [1.29, 1.82) is 0 Å². The van der Waals surface area contributed by atoms with Crippen molar-refractivity contribution in [3.63, 3.8) is 0 Å². The number of carboxylic acid groups (broad SMARTS) is 1. The first-order chi connectivity index (χ1) is 6.15. The molecule has 0 unspecified atom stereocenters. The lowest BCUT2D eigenvalue weighted by molar-refractivity contribution is 0.143. The van der Waals surface area contributed by atoms with Crippen molar-refractivity contribution in [3.05, 3.63) is 11.4 Å². The van der Waals surface area contributed by atoms with E-state index in [2.05, 4.69) is 0 Å². The van der Waals surface area contributed by atoms with Crippen molar-refractivity contribution in [3.8, 4) is 0 Å². The molecule has 1 rings (SSSR count). The summed E-state index contributed by atoms with van der Waals surface area (Å²) in [5, 5.41) is 17.1. The number of hydrogen-bond donors (Lipinski definition) is 2. The van der Waals surface area contributed by atoms with E-state index in [1.165, 1.54) is 0 Å². The van der Waals surface area contributed by atoms with E-state index in [1.54, 1.807) is 0 Å². The van der Waals surface area contributed by atoms with Crippen LogP contribution >= 0.6 is 0 Å². The number of aliphatic hydroxyl groups is 1. The van der Waals surface area contributed by atoms with Crippen LogP contribution < -0.4 is 0 Å². The maximum atomic E-state index is 12.9. The minimum atomic E-state index is -1.04. The van der Waals surface area contributed by atoms with Crippen LogP contribution in [-0.2, 0) is 0 Å². The van der Waals surface area contributed by atoms with Crippen LogP contribution in [0.2, 0.25) is 0 Å². The van der Waals surface area contributed by atoms with Gasteiger partial charge in [0.1, 0.15) is 5.83 Å². The molecule has 1 saturated heterocycles. The van der Waals surface area contributed by atoms with Crippen LogP contribution in [0.15, 0.2) is 11.4 Å². The predicted molar refractivity (Wildman–Crippen MR) is 44.1 cm³/mol. The zero-order valence-electron chi connectivity index (χ0n) is 7.16. The molecule has 0 spiro atoms. The van der Waals surface area contributed by atoms with Gasteiger partial charge in [-0.3, -0.25) is 0 Å². The molecule has 5 heteroatoms. The highest BCUT2D eigenvalue weighted by molar-refractivity contribution is 5.65. The third-order valence-electron chi connectivity index (χ3n) is 2.08. The normalized spacial score (nSPS) is 21.5. The van der Waals surface area contributed by atoms with Crippen molar-refractivity contribution in [2.24, 2.45) is 0 Å². The lowest BCUT2D eigenvalue weighted by Gasteiger charge is -2.26. The lowest BCUT2D eigenvalue weighted by Crippen LogP contribution is -2.36. The number of piperidine rings is 1. The maximum Gasteiger partial charge on any atom is 0.407 e. The Morgan fingerprint density at radius 2 is 2.31 bits per heavy atom. The minimum absolute atomic E-state index is 0.0850. The summed E-state index contributed by atoms with van der Waals surface area (Å²) < 4.78 is 12.9. The average Bonchev–Trinajstić information content (AvgIpc) is 2.17. The van der Waals surface area contributed by atoms with Crippen molar-refractivity contribution in [2.75, 3.05) is 19.7 Å². The van der Waals surface area contributed by atoms with Gasteiger partial charge in [0.25, 0.3) is 0 Å². The van der Waals surface area contributed by atoms with Crippen LogP contribution in [-0.4, -0.2) is 40.9 Å². The first kappa shape index (κ1) is 9.98. The summed E-state index contributed by atoms with van der Waals surface area (Å²) in [6.07, 6.45) is 0.119. The van der Waals surface area contributed by atoms with Gasteiger partial charge < -0.3 is 15.1 Å². The molecular formula is C8H12FNO3. The number of rotatable bonds is 1. The highest BCUT2D eigenvalue weighted by atomic mass is 19.1. The third kappa shape index (κ3) is 2.42. The fourth-order valence-corrected chi connectivity index (χ4v) is 1.37. The van der Waals surface area contributed by atoms with Gasteiger partial charge in [-0.25, -0.2) is 9.18 Å². The van der Waals surface area contributed by atoms with Gasteiger partial charge in [-0.05, 0) is 18.4 Å². The summed E-state index contributed by atoms with van der Waals surface area (Å²) in [4.78, 5) is 11.7. The Labute approximate surface area is 75.3 Å². The summed E-state index contributed by atoms with van der Waals surface area (Å²) in [5.74, 6) is -0.592. The number of likely N-dealkylation sites (tertiary alicyclic amines) is 1. The molecule has 0 atom stereocenters. The molecule has 0 aromatic carbocycles. The van der Waals surface area contributed by atoms with E-state index in [4.69, 9.17) is 10.2 Å². The molecule has 0 aromatic rings. The number of aliphatic hydroxyl groups excluding tert-OH is 1. The summed E-state index contributed by atoms with van der Waals surface area (Å²) in [7, 11) is 0. The molecule has 1 aliphatic rings. The van der Waals surface area contributed by atoms with Gasteiger partial charge in [-0.15, -0.1) is 0 Å². The van der Waals surface area contributed by atoms with E-state index in [1.807, 2.05) is 0 Å². The first-order valence-electron chi connectivity index (χ1n) is 4.10. The Bertz CT molecular complexity index is 240. The molecular weight excluding hydrogens is 177 g/mol. The number of amides is 1. The lowest BCUT2D eigenvalue weighted by atomic mass is 10.0. The summed E-state index contributed by atoms with van der Waals surface area (Å²) >= 11 is 0. The van der Waals surface area contributed by atoms with Crippen molar-refractivity contribution in [1.82, 2.24) is 4.90 Å². The van der Waals surface area contributed by atoms with Gasteiger partial charge in [0.05, 0.1) is 6.61 Å². The average molecular weight is 189 g/mol. The number of nitrogens with zero attached hydrogens (tertiary/aromatic N) is 1. The molecule has 0 bridgehead atoms. The summed E-state index contributed by atoms with van der Waals surface area (Å²) in [6.45, 7) is -0.109. The number of carbonyl (C=O) groups is 1. The smallest absolute Gasteiger partial charge is 0.407 e. The van der Waals surface area contributed by atoms with E-state index in [9.17, 15) is 9.18 Å². The molecule has 4 nitrogen and oxygen atoms in total. The Hall–Kier alpha value is -1.10. The predicted octanol–water partition coefficient (Wildman–Crippen LogP) is 0.976. The molecule has 1 aliphatic heterocycles. The third-order valence-corrected chi connectivity index (χ3v) is 2.08. The second-order valence-corrected chi connectivity index (χ2v) is 2.97. The minimum Gasteiger partial charge on any atom is -0.465 e. The molecule has 0 aliphatic carbocycles. The Morgan fingerprint density at radius 1 is 1.62 bits per heavy atom. The molecule has 1 fully saturated rings. The second kappa shape index (κ2) is 4.23. The van der Waals surface area contributed by atoms with Gasteiger partial charge in [0.15, 0.2) is 0 Å². The van der Waals surface area contributed by atoms with E-state index >= 15 is 0 Å². The topological polar surface area (TPSA) is 60.8 Å². The van der Waals surface area contributed by atoms with Gasteiger partial charge in [-0.1, -0.05) is 0 Å². The van der Waals surface area contributed by atoms with Gasteiger partial charge in [-0.2, -0.15) is 0 Å². The molecule has 1 heterocycles. The number of halogens is 1. The fourth-order valence-electron chi connectivity index (χ4n) is 1.37. The van der Waals surface area contributed by atoms with Crippen LogP contribution in [0.3, 0.4) is 0 Å². The highest BCUT2D eigenvalue weighted by Crippen LogP contribution is 2.19. The fraction of sp³-hybridized carbons (Fsp3) is 0.625. The van der Waals surface area contributed by atoms with Crippen LogP contribution in [0, 0.1) is 0 Å². The molecule has 0 radical (unpaired) electrons. The Kier molecular flexibility index (Phi) is 3.25. The van der Waals surface area contributed by atoms with Crippen molar-refractivity contribution < 1.29 is 19.4 Å². The summed E-state index contributed by atoms with van der Waals surface area (Å²) in [6, 6.07) is 0. The largest absolute Gasteiger partial charge is 0.465 e. The molecule has 74 valence electrons. The Morgan fingerprint density at radius 3 is 2.85 bits per heavy atom. The zero-order chi connectivity index (χ0) is 9.84. The monoisotopic (exact) mass is 189 g/mol. The standard InChI is InChI=1S/C8H12FNO3/c9-7(5-11)6-2-1-3-10(4-6)8(12)13/h11H,1-5H2,(H,12,13). The number of hydrogen-bond acceptors (Lipinski definition) is 2. The van der Waals surface area contributed by atoms with Crippen molar-refractivity contribution >= 4 is 6.09 Å². The second-order valence-electron chi connectivity index (χ2n) is 2.97.